The van der Waals surface area contributed by atoms with Gasteiger partial charge in [-0.3, -0.25) is 11.2 Å². The molecule has 0 aliphatic rings. The molecule has 1 aromatic rings. The SMILES string of the molecule is Cc1cc(Cl)c(CNCNN)cc1F. The Morgan fingerprint density at radius 2 is 2.21 bits per heavy atom. The molecule has 0 fully saturated rings. The summed E-state index contributed by atoms with van der Waals surface area (Å²) in [6, 6.07) is 3.05. The molecule has 5 heteroatoms. The molecule has 0 saturated heterocycles. The smallest absolute Gasteiger partial charge is 0.126 e. The average molecular weight is 218 g/mol. The van der Waals surface area contributed by atoms with Gasteiger partial charge in [0.15, 0.2) is 0 Å². The van der Waals surface area contributed by atoms with E-state index in [1.54, 1.807) is 13.0 Å². The van der Waals surface area contributed by atoms with Gasteiger partial charge < -0.3 is 0 Å². The van der Waals surface area contributed by atoms with E-state index in [0.717, 1.165) is 5.56 Å². The van der Waals surface area contributed by atoms with Gasteiger partial charge in [-0.05, 0) is 30.2 Å². The quantitative estimate of drug-likeness (QED) is 0.308. The van der Waals surface area contributed by atoms with E-state index in [1.165, 1.54) is 6.07 Å². The van der Waals surface area contributed by atoms with Crippen molar-refractivity contribution in [2.45, 2.75) is 13.5 Å². The molecule has 0 amide bonds. The highest BCUT2D eigenvalue weighted by Gasteiger charge is 2.04. The second kappa shape index (κ2) is 5.26. The Morgan fingerprint density at radius 1 is 1.50 bits per heavy atom. The highest BCUT2D eigenvalue weighted by atomic mass is 35.5. The number of hydrogen-bond donors (Lipinski definition) is 3. The van der Waals surface area contributed by atoms with E-state index in [2.05, 4.69) is 10.7 Å². The fourth-order valence-corrected chi connectivity index (χ4v) is 1.38. The minimum atomic E-state index is -0.244. The molecule has 0 aliphatic heterocycles. The summed E-state index contributed by atoms with van der Waals surface area (Å²) in [7, 11) is 0. The van der Waals surface area contributed by atoms with E-state index >= 15 is 0 Å². The molecule has 0 spiro atoms. The molecular weight excluding hydrogens is 205 g/mol. The maximum absolute atomic E-state index is 13.1. The van der Waals surface area contributed by atoms with Crippen LogP contribution in [-0.4, -0.2) is 6.67 Å². The van der Waals surface area contributed by atoms with Crippen LogP contribution in [0.1, 0.15) is 11.1 Å². The number of hydrazine groups is 1. The summed E-state index contributed by atoms with van der Waals surface area (Å²) in [4.78, 5) is 0. The molecule has 1 rings (SSSR count). The normalized spacial score (nSPS) is 10.6. The lowest BCUT2D eigenvalue weighted by molar-refractivity contribution is 0.590. The predicted molar refractivity (Wildman–Crippen MR) is 55.2 cm³/mol. The van der Waals surface area contributed by atoms with Crippen LogP contribution in [0, 0.1) is 12.7 Å². The highest BCUT2D eigenvalue weighted by Crippen LogP contribution is 2.19. The Balaban J connectivity index is 2.72. The Labute approximate surface area is 87.4 Å². The molecule has 0 atom stereocenters. The van der Waals surface area contributed by atoms with Gasteiger partial charge in [0.05, 0.1) is 6.67 Å². The number of halogens is 2. The first-order valence-electron chi connectivity index (χ1n) is 4.24. The van der Waals surface area contributed by atoms with Crippen molar-refractivity contribution >= 4 is 11.6 Å². The molecule has 0 aliphatic carbocycles. The van der Waals surface area contributed by atoms with E-state index in [0.29, 0.717) is 23.8 Å². The number of benzene rings is 1. The molecule has 0 unspecified atom stereocenters. The standard InChI is InChI=1S/C9H13ClFN3/c1-6-2-8(10)7(3-9(6)11)4-13-5-14-12/h2-3,13-14H,4-5,12H2,1H3. The first-order chi connectivity index (χ1) is 6.65. The van der Waals surface area contributed by atoms with Crippen molar-refractivity contribution in [3.05, 3.63) is 34.1 Å². The molecule has 0 aromatic heterocycles. The van der Waals surface area contributed by atoms with E-state index in [1.807, 2.05) is 0 Å². The highest BCUT2D eigenvalue weighted by molar-refractivity contribution is 6.31. The molecule has 3 nitrogen and oxygen atoms in total. The van der Waals surface area contributed by atoms with Crippen molar-refractivity contribution in [3.63, 3.8) is 0 Å². The third kappa shape index (κ3) is 2.92. The zero-order chi connectivity index (χ0) is 10.6. The van der Waals surface area contributed by atoms with Crippen LogP contribution in [0.4, 0.5) is 4.39 Å². The molecule has 1 aromatic carbocycles. The third-order valence-corrected chi connectivity index (χ3v) is 2.22. The fourth-order valence-electron chi connectivity index (χ4n) is 1.09. The molecule has 0 bridgehead atoms. The van der Waals surface area contributed by atoms with E-state index in [9.17, 15) is 4.39 Å². The summed E-state index contributed by atoms with van der Waals surface area (Å²) in [5.41, 5.74) is 3.71. The monoisotopic (exact) mass is 217 g/mol. The van der Waals surface area contributed by atoms with Crippen molar-refractivity contribution < 1.29 is 4.39 Å². The first kappa shape index (κ1) is 11.4. The zero-order valence-electron chi connectivity index (χ0n) is 7.90. The fraction of sp³-hybridized carbons (Fsp3) is 0.333. The van der Waals surface area contributed by atoms with Crippen LogP contribution in [0.15, 0.2) is 12.1 Å². The van der Waals surface area contributed by atoms with E-state index in [-0.39, 0.29) is 5.82 Å². The lowest BCUT2D eigenvalue weighted by Crippen LogP contribution is -2.33. The van der Waals surface area contributed by atoms with Crippen molar-refractivity contribution in [1.82, 2.24) is 10.7 Å². The van der Waals surface area contributed by atoms with Gasteiger partial charge >= 0.3 is 0 Å². The molecule has 0 saturated carbocycles. The van der Waals surface area contributed by atoms with Crippen LogP contribution >= 0.6 is 11.6 Å². The lowest BCUT2D eigenvalue weighted by atomic mass is 10.1. The molecular formula is C9H13ClFN3. The minimum Gasteiger partial charge on any atom is -0.299 e. The summed E-state index contributed by atoms with van der Waals surface area (Å²) >= 11 is 5.92. The van der Waals surface area contributed by atoms with Crippen LogP contribution in [0.5, 0.6) is 0 Å². The molecule has 0 heterocycles. The maximum atomic E-state index is 13.1. The predicted octanol–water partition coefficient (Wildman–Crippen LogP) is 1.30. The van der Waals surface area contributed by atoms with Gasteiger partial charge in [0.2, 0.25) is 0 Å². The minimum absolute atomic E-state index is 0.244. The average Bonchev–Trinajstić information content (AvgIpc) is 2.14. The van der Waals surface area contributed by atoms with E-state index in [4.69, 9.17) is 17.4 Å². The van der Waals surface area contributed by atoms with Crippen LogP contribution in [0.3, 0.4) is 0 Å². The summed E-state index contributed by atoms with van der Waals surface area (Å²) in [6.45, 7) is 2.62. The second-order valence-electron chi connectivity index (χ2n) is 3.00. The molecule has 14 heavy (non-hydrogen) atoms. The van der Waals surface area contributed by atoms with Gasteiger partial charge in [-0.2, -0.15) is 0 Å². The van der Waals surface area contributed by atoms with Gasteiger partial charge in [0.25, 0.3) is 0 Å². The van der Waals surface area contributed by atoms with Crippen molar-refractivity contribution in [1.29, 1.82) is 0 Å². The van der Waals surface area contributed by atoms with Crippen LogP contribution in [0.2, 0.25) is 5.02 Å². The largest absolute Gasteiger partial charge is 0.299 e. The molecule has 78 valence electrons. The number of rotatable bonds is 4. The zero-order valence-corrected chi connectivity index (χ0v) is 8.66. The Bertz CT molecular complexity index is 317. The summed E-state index contributed by atoms with van der Waals surface area (Å²) in [5.74, 6) is 4.82. The van der Waals surface area contributed by atoms with Gasteiger partial charge in [0.1, 0.15) is 5.82 Å². The Hall–Kier alpha value is -0.680. The lowest BCUT2D eigenvalue weighted by Gasteiger charge is -2.07. The second-order valence-corrected chi connectivity index (χ2v) is 3.41. The van der Waals surface area contributed by atoms with Crippen molar-refractivity contribution in [2.24, 2.45) is 5.84 Å². The van der Waals surface area contributed by atoms with Gasteiger partial charge in [-0.25, -0.2) is 9.82 Å². The summed E-state index contributed by atoms with van der Waals surface area (Å²) in [5, 5.41) is 3.51. The number of aryl methyl sites for hydroxylation is 1. The number of nitrogens with two attached hydrogens (primary N) is 1. The van der Waals surface area contributed by atoms with Gasteiger partial charge in [-0.1, -0.05) is 11.6 Å². The third-order valence-electron chi connectivity index (χ3n) is 1.87. The van der Waals surface area contributed by atoms with Gasteiger partial charge in [-0.15, -0.1) is 0 Å². The topological polar surface area (TPSA) is 50.1 Å². The van der Waals surface area contributed by atoms with E-state index < -0.39 is 0 Å². The number of nitrogens with one attached hydrogen (secondary N) is 2. The van der Waals surface area contributed by atoms with Crippen LogP contribution in [-0.2, 0) is 6.54 Å². The maximum Gasteiger partial charge on any atom is 0.126 e. The van der Waals surface area contributed by atoms with Crippen molar-refractivity contribution in [2.75, 3.05) is 6.67 Å². The van der Waals surface area contributed by atoms with Gasteiger partial charge in [0, 0.05) is 11.6 Å². The number of hydrogen-bond acceptors (Lipinski definition) is 3. The molecule has 0 radical (unpaired) electrons. The first-order valence-corrected chi connectivity index (χ1v) is 4.61. The van der Waals surface area contributed by atoms with Crippen molar-refractivity contribution in [3.8, 4) is 0 Å². The Kier molecular flexibility index (Phi) is 4.28. The summed E-state index contributed by atoms with van der Waals surface area (Å²) < 4.78 is 13.1. The molecule has 4 N–H and O–H groups in total. The summed E-state index contributed by atoms with van der Waals surface area (Å²) in [6.07, 6.45) is 0. The Morgan fingerprint density at radius 3 is 2.86 bits per heavy atom. The van der Waals surface area contributed by atoms with Crippen LogP contribution in [0.25, 0.3) is 0 Å². The van der Waals surface area contributed by atoms with Crippen LogP contribution < -0.4 is 16.6 Å².